The summed E-state index contributed by atoms with van der Waals surface area (Å²) in [5.74, 6) is -0.0836. The molecule has 2 rings (SSSR count). The van der Waals surface area contributed by atoms with Crippen molar-refractivity contribution in [1.29, 1.82) is 0 Å². The summed E-state index contributed by atoms with van der Waals surface area (Å²) in [5.41, 5.74) is 0.484. The van der Waals surface area contributed by atoms with Crippen molar-refractivity contribution in [2.24, 2.45) is 15.2 Å². The average molecular weight is 201 g/mol. The number of hydrogen-bond acceptors (Lipinski definition) is 4. The predicted octanol–water partition coefficient (Wildman–Crippen LogP) is 2.53. The number of hydrogen-bond donors (Lipinski definition) is 0. The molecule has 0 aromatic heterocycles. The summed E-state index contributed by atoms with van der Waals surface area (Å²) >= 11 is 0. The molecule has 76 valence electrons. The van der Waals surface area contributed by atoms with Gasteiger partial charge in [0, 0.05) is 0 Å². The van der Waals surface area contributed by atoms with Gasteiger partial charge in [-0.05, 0) is 26.0 Å². The Labute approximate surface area is 87.8 Å². The van der Waals surface area contributed by atoms with Crippen molar-refractivity contribution < 1.29 is 4.79 Å². The van der Waals surface area contributed by atoms with Crippen molar-refractivity contribution in [3.63, 3.8) is 0 Å². The number of carbonyl (C=O) groups is 1. The second-order valence-electron chi connectivity index (χ2n) is 3.46. The largest absolute Gasteiger partial charge is 0.295 e. The van der Waals surface area contributed by atoms with Crippen molar-refractivity contribution in [2.75, 3.05) is 0 Å². The van der Waals surface area contributed by atoms with Crippen molar-refractivity contribution in [3.8, 4) is 0 Å². The predicted molar refractivity (Wildman–Crippen MR) is 57.5 cm³/mol. The molecule has 0 unspecified atom stereocenters. The Bertz CT molecular complexity index is 450. The molecule has 1 aromatic carbocycles. The number of carbonyl (C=O) groups excluding carboxylic acids is 1. The Balaban J connectivity index is 2.16. The molecule has 1 aliphatic heterocycles. The first-order valence-corrected chi connectivity index (χ1v) is 4.71. The zero-order valence-corrected chi connectivity index (χ0v) is 8.64. The molecule has 0 saturated heterocycles. The molecule has 0 bridgehead atoms. The third-order valence-electron chi connectivity index (χ3n) is 2.34. The van der Waals surface area contributed by atoms with Crippen molar-refractivity contribution in [3.05, 3.63) is 30.3 Å². The summed E-state index contributed by atoms with van der Waals surface area (Å²) in [6, 6.07) is 9.30. The number of aliphatic imine (C=N–C) groups is 1. The highest BCUT2D eigenvalue weighted by molar-refractivity contribution is 6.21. The van der Waals surface area contributed by atoms with Gasteiger partial charge in [-0.1, -0.05) is 18.2 Å². The van der Waals surface area contributed by atoms with Crippen LogP contribution < -0.4 is 0 Å². The van der Waals surface area contributed by atoms with Crippen LogP contribution in [0, 0.1) is 0 Å². The molecule has 1 aromatic rings. The fourth-order valence-corrected chi connectivity index (χ4v) is 1.34. The third-order valence-corrected chi connectivity index (χ3v) is 2.34. The minimum absolute atomic E-state index is 0.0836. The highest BCUT2D eigenvalue weighted by Gasteiger charge is 2.49. The average Bonchev–Trinajstić information content (AvgIpc) is 2.90. The van der Waals surface area contributed by atoms with Gasteiger partial charge in [-0.15, -0.1) is 5.11 Å². The van der Waals surface area contributed by atoms with Crippen LogP contribution in [0.3, 0.4) is 0 Å². The molecule has 0 aliphatic carbocycles. The third kappa shape index (κ3) is 1.70. The number of benzene rings is 1. The number of ketones is 1. The lowest BCUT2D eigenvalue weighted by Gasteiger charge is -2.01. The first-order valence-electron chi connectivity index (χ1n) is 4.71. The molecule has 15 heavy (non-hydrogen) atoms. The molecule has 1 aliphatic rings. The standard InChI is InChI=1S/C11H11N3O/c1-8-11(12-8,9(2)15)14-13-10-6-4-3-5-7-10/h3-7H,1-2H3/t11-/m0/s1. The highest BCUT2D eigenvalue weighted by Crippen LogP contribution is 2.32. The van der Waals surface area contributed by atoms with Gasteiger partial charge in [-0.2, -0.15) is 5.11 Å². The Kier molecular flexibility index (Phi) is 2.19. The monoisotopic (exact) mass is 201 g/mol. The Morgan fingerprint density at radius 1 is 1.33 bits per heavy atom. The maximum atomic E-state index is 11.3. The summed E-state index contributed by atoms with van der Waals surface area (Å²) in [5, 5.41) is 7.99. The van der Waals surface area contributed by atoms with E-state index in [1.807, 2.05) is 30.3 Å². The van der Waals surface area contributed by atoms with Gasteiger partial charge in [0.2, 0.25) is 0 Å². The SMILES string of the molecule is CC(=O)[C@]1(N=Nc2ccccc2)N=C1C. The molecule has 4 nitrogen and oxygen atoms in total. The fourth-order valence-electron chi connectivity index (χ4n) is 1.34. The van der Waals surface area contributed by atoms with Crippen LogP contribution in [0.5, 0.6) is 0 Å². The topological polar surface area (TPSA) is 54.1 Å². The van der Waals surface area contributed by atoms with E-state index in [2.05, 4.69) is 15.2 Å². The lowest BCUT2D eigenvalue weighted by atomic mass is 10.1. The van der Waals surface area contributed by atoms with E-state index in [0.29, 0.717) is 0 Å². The number of azo groups is 1. The maximum absolute atomic E-state index is 11.3. The molecule has 0 saturated carbocycles. The molecule has 1 atom stereocenters. The number of nitrogens with zero attached hydrogens (tertiary/aromatic N) is 3. The van der Waals surface area contributed by atoms with Gasteiger partial charge in [-0.25, -0.2) is 4.99 Å². The molecular weight excluding hydrogens is 190 g/mol. The van der Waals surface area contributed by atoms with Gasteiger partial charge >= 0.3 is 0 Å². The summed E-state index contributed by atoms with van der Waals surface area (Å²) < 4.78 is 0. The number of rotatable bonds is 3. The van der Waals surface area contributed by atoms with E-state index in [0.717, 1.165) is 11.4 Å². The zero-order valence-electron chi connectivity index (χ0n) is 8.64. The lowest BCUT2D eigenvalue weighted by molar-refractivity contribution is -0.118. The second kappa shape index (κ2) is 3.38. The fraction of sp³-hybridized carbons (Fsp3) is 0.273. The first-order chi connectivity index (χ1) is 7.15. The Morgan fingerprint density at radius 2 is 1.93 bits per heavy atom. The molecule has 1 heterocycles. The van der Waals surface area contributed by atoms with E-state index >= 15 is 0 Å². The van der Waals surface area contributed by atoms with Gasteiger partial charge in [0.05, 0.1) is 11.4 Å². The van der Waals surface area contributed by atoms with Crippen molar-refractivity contribution in [1.82, 2.24) is 0 Å². The van der Waals surface area contributed by atoms with E-state index < -0.39 is 5.66 Å². The normalized spacial score (nSPS) is 24.0. The van der Waals surface area contributed by atoms with Gasteiger partial charge in [0.1, 0.15) is 0 Å². The van der Waals surface area contributed by atoms with E-state index in [1.165, 1.54) is 6.92 Å². The van der Waals surface area contributed by atoms with Crippen LogP contribution in [0.25, 0.3) is 0 Å². The lowest BCUT2D eigenvalue weighted by Crippen LogP contribution is -2.23. The first kappa shape index (κ1) is 9.71. The quantitative estimate of drug-likeness (QED) is 0.693. The summed E-state index contributed by atoms with van der Waals surface area (Å²) in [6.07, 6.45) is 0. The van der Waals surface area contributed by atoms with E-state index in [9.17, 15) is 4.79 Å². The van der Waals surface area contributed by atoms with Gasteiger partial charge in [-0.3, -0.25) is 4.79 Å². The summed E-state index contributed by atoms with van der Waals surface area (Å²) in [4.78, 5) is 15.3. The van der Waals surface area contributed by atoms with Crippen LogP contribution in [0.1, 0.15) is 13.8 Å². The number of Topliss-reactive ketones (excluding diaryl/α,β-unsaturated/α-hetero) is 1. The van der Waals surface area contributed by atoms with Crippen LogP contribution in [-0.2, 0) is 4.79 Å². The van der Waals surface area contributed by atoms with E-state index in [-0.39, 0.29) is 5.78 Å². The summed E-state index contributed by atoms with van der Waals surface area (Å²) in [6.45, 7) is 3.26. The molecule has 0 N–H and O–H groups in total. The Hall–Kier alpha value is -1.84. The van der Waals surface area contributed by atoms with Crippen LogP contribution in [0.15, 0.2) is 45.6 Å². The molecule has 0 amide bonds. The van der Waals surface area contributed by atoms with Crippen LogP contribution in [0.2, 0.25) is 0 Å². The zero-order chi connectivity index (χ0) is 10.9. The van der Waals surface area contributed by atoms with Crippen molar-refractivity contribution >= 4 is 17.2 Å². The van der Waals surface area contributed by atoms with E-state index in [1.54, 1.807) is 6.92 Å². The van der Waals surface area contributed by atoms with Crippen LogP contribution in [-0.4, -0.2) is 17.2 Å². The van der Waals surface area contributed by atoms with Gasteiger partial charge < -0.3 is 0 Å². The molecular formula is C11H11N3O. The maximum Gasteiger partial charge on any atom is 0.266 e. The molecule has 0 radical (unpaired) electrons. The van der Waals surface area contributed by atoms with Gasteiger partial charge in [0.25, 0.3) is 5.66 Å². The molecule has 0 spiro atoms. The van der Waals surface area contributed by atoms with Crippen LogP contribution >= 0.6 is 0 Å². The smallest absolute Gasteiger partial charge is 0.266 e. The van der Waals surface area contributed by atoms with Crippen molar-refractivity contribution in [2.45, 2.75) is 19.5 Å². The minimum Gasteiger partial charge on any atom is -0.295 e. The summed E-state index contributed by atoms with van der Waals surface area (Å²) in [7, 11) is 0. The molecule has 0 fully saturated rings. The minimum atomic E-state index is -0.976. The Morgan fingerprint density at radius 3 is 2.40 bits per heavy atom. The van der Waals surface area contributed by atoms with Crippen LogP contribution in [0.4, 0.5) is 5.69 Å². The second-order valence-corrected chi connectivity index (χ2v) is 3.46. The molecule has 4 heteroatoms. The van der Waals surface area contributed by atoms with E-state index in [4.69, 9.17) is 0 Å². The highest BCUT2D eigenvalue weighted by atomic mass is 16.1. The van der Waals surface area contributed by atoms with Gasteiger partial charge in [0.15, 0.2) is 5.78 Å².